The van der Waals surface area contributed by atoms with Gasteiger partial charge in [-0.05, 0) is 37.0 Å². The first-order chi connectivity index (χ1) is 15.6. The van der Waals surface area contributed by atoms with E-state index in [0.29, 0.717) is 12.8 Å². The standard InChI is InChI=1S/C19H22F12O4/c20-16(21,22)14(32,17(23,24)25)8-34-6-11(5-13-4-10-1-2-12(13)3-10)7-35-9-15(33,18(26,27)28)19(29,30)31/h1-2,10-13,32-33H,3-9H2. The van der Waals surface area contributed by atoms with Crippen LogP contribution in [0, 0.1) is 23.7 Å². The van der Waals surface area contributed by atoms with Gasteiger partial charge in [0.25, 0.3) is 11.2 Å². The molecular weight excluding hydrogens is 520 g/mol. The second-order valence-electron chi connectivity index (χ2n) is 8.88. The fourth-order valence-electron chi connectivity index (χ4n) is 4.17. The molecule has 0 radical (unpaired) electrons. The second-order valence-corrected chi connectivity index (χ2v) is 8.88. The Morgan fingerprint density at radius 2 is 1.06 bits per heavy atom. The van der Waals surface area contributed by atoms with Crippen molar-refractivity contribution in [2.24, 2.45) is 23.7 Å². The predicted molar refractivity (Wildman–Crippen MR) is 92.7 cm³/mol. The molecule has 2 rings (SSSR count). The van der Waals surface area contributed by atoms with E-state index < -0.39 is 68.3 Å². The molecule has 3 atom stereocenters. The number of alkyl halides is 12. The van der Waals surface area contributed by atoms with Gasteiger partial charge in [-0.15, -0.1) is 0 Å². The van der Waals surface area contributed by atoms with E-state index in [4.69, 9.17) is 10.2 Å². The normalized spacial score (nSPS) is 24.1. The molecular formula is C19H22F12O4. The number of aliphatic hydroxyl groups is 2. The van der Waals surface area contributed by atoms with Gasteiger partial charge >= 0.3 is 24.7 Å². The summed E-state index contributed by atoms with van der Waals surface area (Å²) in [4.78, 5) is 0. The van der Waals surface area contributed by atoms with E-state index in [0.717, 1.165) is 0 Å². The molecule has 2 aliphatic carbocycles. The summed E-state index contributed by atoms with van der Waals surface area (Å²) in [5.74, 6) is -1.33. The molecule has 0 heterocycles. The molecule has 206 valence electrons. The van der Waals surface area contributed by atoms with E-state index in [-0.39, 0.29) is 24.2 Å². The van der Waals surface area contributed by atoms with Crippen LogP contribution in [0.1, 0.15) is 19.3 Å². The lowest BCUT2D eigenvalue weighted by atomic mass is 9.85. The third-order valence-electron chi connectivity index (χ3n) is 6.26. The number of hydrogen-bond donors (Lipinski definition) is 2. The Bertz CT molecular complexity index is 668. The molecule has 0 aliphatic heterocycles. The molecule has 2 bridgehead atoms. The molecule has 4 nitrogen and oxygen atoms in total. The molecule has 2 N–H and O–H groups in total. The summed E-state index contributed by atoms with van der Waals surface area (Å²) in [5.41, 5.74) is -10.5. The molecule has 3 unspecified atom stereocenters. The number of fused-ring (bicyclic) bond motifs is 2. The molecule has 1 fully saturated rings. The van der Waals surface area contributed by atoms with Gasteiger partial charge in [0.2, 0.25) is 0 Å². The Labute approximate surface area is 190 Å². The van der Waals surface area contributed by atoms with Gasteiger partial charge in [0.05, 0.1) is 26.4 Å². The minimum Gasteiger partial charge on any atom is -0.377 e. The van der Waals surface area contributed by atoms with Crippen LogP contribution >= 0.6 is 0 Å². The van der Waals surface area contributed by atoms with Crippen LogP contribution in [0.25, 0.3) is 0 Å². The minimum atomic E-state index is -6.18. The monoisotopic (exact) mass is 542 g/mol. The molecule has 2 aliphatic rings. The highest BCUT2D eigenvalue weighted by molar-refractivity contribution is 5.10. The summed E-state index contributed by atoms with van der Waals surface area (Å²) in [7, 11) is 0. The third kappa shape index (κ3) is 6.36. The maximum Gasteiger partial charge on any atom is 0.428 e. The van der Waals surface area contributed by atoms with Crippen LogP contribution in [0.3, 0.4) is 0 Å². The molecule has 0 amide bonds. The quantitative estimate of drug-likeness (QED) is 0.303. The Balaban J connectivity index is 2.09. The third-order valence-corrected chi connectivity index (χ3v) is 6.26. The number of halogens is 12. The summed E-state index contributed by atoms with van der Waals surface area (Å²) < 4.78 is 162. The lowest BCUT2D eigenvalue weighted by molar-refractivity contribution is -0.379. The van der Waals surface area contributed by atoms with E-state index >= 15 is 0 Å². The van der Waals surface area contributed by atoms with Gasteiger partial charge in [-0.25, -0.2) is 0 Å². The zero-order valence-electron chi connectivity index (χ0n) is 17.7. The molecule has 16 heteroatoms. The smallest absolute Gasteiger partial charge is 0.377 e. The van der Waals surface area contributed by atoms with E-state index in [1.165, 1.54) is 0 Å². The predicted octanol–water partition coefficient (Wildman–Crippen LogP) is 4.95. The van der Waals surface area contributed by atoms with Crippen molar-refractivity contribution < 1.29 is 72.4 Å². The van der Waals surface area contributed by atoms with Gasteiger partial charge in [-0.3, -0.25) is 0 Å². The lowest BCUT2D eigenvalue weighted by Gasteiger charge is -2.34. The molecule has 0 saturated heterocycles. The average molecular weight is 542 g/mol. The van der Waals surface area contributed by atoms with Gasteiger partial charge in [0, 0.05) is 5.92 Å². The number of hydrogen-bond acceptors (Lipinski definition) is 4. The highest BCUT2D eigenvalue weighted by Gasteiger charge is 2.71. The van der Waals surface area contributed by atoms with Crippen LogP contribution < -0.4 is 0 Å². The van der Waals surface area contributed by atoms with Crippen molar-refractivity contribution in [1.82, 2.24) is 0 Å². The van der Waals surface area contributed by atoms with Gasteiger partial charge < -0.3 is 19.7 Å². The molecule has 0 spiro atoms. The van der Waals surface area contributed by atoms with E-state index in [1.807, 2.05) is 12.2 Å². The van der Waals surface area contributed by atoms with E-state index in [9.17, 15) is 52.7 Å². The van der Waals surface area contributed by atoms with Gasteiger partial charge in [-0.1, -0.05) is 12.2 Å². The lowest BCUT2D eigenvalue weighted by Crippen LogP contribution is -2.60. The fraction of sp³-hybridized carbons (Fsp3) is 0.895. The van der Waals surface area contributed by atoms with Crippen LogP contribution in [-0.4, -0.2) is 72.5 Å². The van der Waals surface area contributed by atoms with Crippen molar-refractivity contribution in [3.05, 3.63) is 12.2 Å². The maximum absolute atomic E-state index is 12.8. The molecule has 0 aromatic carbocycles. The highest BCUT2D eigenvalue weighted by Crippen LogP contribution is 2.47. The first-order valence-electron chi connectivity index (χ1n) is 10.2. The van der Waals surface area contributed by atoms with Gasteiger partial charge in [0.1, 0.15) is 0 Å². The first-order valence-corrected chi connectivity index (χ1v) is 10.2. The van der Waals surface area contributed by atoms with E-state index in [1.54, 1.807) is 0 Å². The average Bonchev–Trinajstić information content (AvgIpc) is 3.27. The SMILES string of the molecule is OC(COCC(COCC(O)(C(F)(F)F)C(F)(F)F)CC1CC2C=CC1C2)(C(F)(F)F)C(F)(F)F. The molecule has 1 saturated carbocycles. The number of rotatable bonds is 10. The molecule has 35 heavy (non-hydrogen) atoms. The van der Waals surface area contributed by atoms with Crippen molar-refractivity contribution in [1.29, 1.82) is 0 Å². The Morgan fingerprint density at radius 1 is 0.657 bits per heavy atom. The van der Waals surface area contributed by atoms with Crippen LogP contribution in [0.4, 0.5) is 52.7 Å². The topological polar surface area (TPSA) is 58.9 Å². The Kier molecular flexibility index (Phi) is 8.47. The van der Waals surface area contributed by atoms with Crippen LogP contribution in [0.5, 0.6) is 0 Å². The number of allylic oxidation sites excluding steroid dienone is 2. The zero-order valence-corrected chi connectivity index (χ0v) is 17.7. The van der Waals surface area contributed by atoms with Crippen molar-refractivity contribution in [3.8, 4) is 0 Å². The minimum absolute atomic E-state index is 0.0351. The highest BCUT2D eigenvalue weighted by atomic mass is 19.4. The van der Waals surface area contributed by atoms with Crippen molar-refractivity contribution in [2.45, 2.75) is 55.2 Å². The summed E-state index contributed by atoms with van der Waals surface area (Å²) in [6.07, 6.45) is -19.8. The maximum atomic E-state index is 12.8. The van der Waals surface area contributed by atoms with Crippen LogP contribution in [0.2, 0.25) is 0 Å². The second kappa shape index (κ2) is 9.89. The fourth-order valence-corrected chi connectivity index (χ4v) is 4.17. The van der Waals surface area contributed by atoms with Crippen LogP contribution in [-0.2, 0) is 9.47 Å². The summed E-state index contributed by atoms with van der Waals surface area (Å²) in [6, 6.07) is 0. The van der Waals surface area contributed by atoms with Gasteiger partial charge in [0.15, 0.2) is 0 Å². The summed E-state index contributed by atoms with van der Waals surface area (Å²) in [5, 5.41) is 18.3. The van der Waals surface area contributed by atoms with E-state index in [2.05, 4.69) is 9.47 Å². The largest absolute Gasteiger partial charge is 0.428 e. The van der Waals surface area contributed by atoms with Crippen molar-refractivity contribution >= 4 is 0 Å². The Morgan fingerprint density at radius 3 is 1.34 bits per heavy atom. The van der Waals surface area contributed by atoms with Crippen molar-refractivity contribution in [3.63, 3.8) is 0 Å². The molecule has 0 aromatic rings. The zero-order chi connectivity index (χ0) is 27.1. The van der Waals surface area contributed by atoms with Crippen LogP contribution in [0.15, 0.2) is 12.2 Å². The first kappa shape index (κ1) is 30.0. The number of ether oxygens (including phenoxy) is 2. The van der Waals surface area contributed by atoms with Crippen molar-refractivity contribution in [2.75, 3.05) is 26.4 Å². The Hall–Kier alpha value is -1.26. The summed E-state index contributed by atoms with van der Waals surface area (Å²) in [6.45, 7) is -6.60. The summed E-state index contributed by atoms with van der Waals surface area (Å²) >= 11 is 0. The molecule has 0 aromatic heterocycles. The van der Waals surface area contributed by atoms with Gasteiger partial charge in [-0.2, -0.15) is 52.7 Å².